The number of hydrogen-bond donors (Lipinski definition) is 0. The van der Waals surface area contributed by atoms with Crippen LogP contribution in [0.5, 0.6) is 0 Å². The lowest BCUT2D eigenvalue weighted by Gasteiger charge is -2.34. The first kappa shape index (κ1) is 15.7. The summed E-state index contributed by atoms with van der Waals surface area (Å²) in [5.74, 6) is 0.210. The standard InChI is InChI=1S/C20H26O3S/c1-14-4-7-16(8-5-14)24-17-9-6-15-3-2-10-19(15)13-20(18(17)23-19)21-11-12-22-20/h4-5,7-8,15,17-18H,2-3,6,9-13H2,1H3/t15-,17+,18+,19+/m1/s1. The van der Waals surface area contributed by atoms with Gasteiger partial charge in [-0.1, -0.05) is 24.1 Å². The van der Waals surface area contributed by atoms with E-state index in [1.807, 2.05) is 11.8 Å². The zero-order valence-corrected chi connectivity index (χ0v) is 15.1. The highest BCUT2D eigenvalue weighted by molar-refractivity contribution is 8.00. The lowest BCUT2D eigenvalue weighted by Crippen LogP contribution is -2.46. The van der Waals surface area contributed by atoms with E-state index in [-0.39, 0.29) is 11.7 Å². The van der Waals surface area contributed by atoms with Gasteiger partial charge in [0.1, 0.15) is 6.10 Å². The van der Waals surface area contributed by atoms with Crippen LogP contribution in [0.25, 0.3) is 0 Å². The van der Waals surface area contributed by atoms with Crippen LogP contribution >= 0.6 is 11.8 Å². The normalized spacial score (nSPS) is 40.0. The van der Waals surface area contributed by atoms with Crippen LogP contribution in [0, 0.1) is 12.8 Å². The highest BCUT2D eigenvalue weighted by atomic mass is 32.2. The van der Waals surface area contributed by atoms with Gasteiger partial charge in [-0.2, -0.15) is 0 Å². The molecule has 4 atom stereocenters. The maximum Gasteiger partial charge on any atom is 0.198 e. The lowest BCUT2D eigenvalue weighted by molar-refractivity contribution is -0.189. The van der Waals surface area contributed by atoms with Crippen LogP contribution in [0.15, 0.2) is 29.2 Å². The molecule has 0 unspecified atom stereocenters. The molecule has 0 N–H and O–H groups in total. The van der Waals surface area contributed by atoms with Crippen molar-refractivity contribution < 1.29 is 14.2 Å². The van der Waals surface area contributed by atoms with Gasteiger partial charge in [-0.15, -0.1) is 11.8 Å². The molecule has 0 aromatic heterocycles. The predicted octanol–water partition coefficient (Wildman–Crippen LogP) is 4.32. The largest absolute Gasteiger partial charge is 0.364 e. The van der Waals surface area contributed by atoms with Crippen molar-refractivity contribution >= 4 is 11.8 Å². The number of ether oxygens (including phenoxy) is 3. The van der Waals surface area contributed by atoms with E-state index in [9.17, 15) is 0 Å². The molecule has 3 aliphatic heterocycles. The SMILES string of the molecule is Cc1ccc(S[C@H]2CC[C@H]3CCC[C@]34CC3(OCCO3)[C@H]2O4)cc1. The Labute approximate surface area is 148 Å². The van der Waals surface area contributed by atoms with Gasteiger partial charge >= 0.3 is 0 Å². The van der Waals surface area contributed by atoms with Crippen molar-refractivity contribution in [2.75, 3.05) is 13.2 Å². The average molecular weight is 346 g/mol. The molecular formula is C20H26O3S. The molecule has 1 aliphatic carbocycles. The number of hydrogen-bond acceptors (Lipinski definition) is 4. The zero-order valence-electron chi connectivity index (χ0n) is 14.3. The molecule has 24 heavy (non-hydrogen) atoms. The maximum absolute atomic E-state index is 6.81. The van der Waals surface area contributed by atoms with Crippen molar-refractivity contribution in [3.8, 4) is 0 Å². The Morgan fingerprint density at radius 1 is 1.04 bits per heavy atom. The van der Waals surface area contributed by atoms with Crippen molar-refractivity contribution in [1.82, 2.24) is 0 Å². The summed E-state index contributed by atoms with van der Waals surface area (Å²) in [7, 11) is 0. The molecule has 1 aromatic carbocycles. The predicted molar refractivity (Wildman–Crippen MR) is 94.3 cm³/mol. The fraction of sp³-hybridized carbons (Fsp3) is 0.700. The number of benzene rings is 1. The van der Waals surface area contributed by atoms with Gasteiger partial charge in [-0.3, -0.25) is 0 Å². The molecule has 1 aromatic rings. The first-order chi connectivity index (χ1) is 11.7. The van der Waals surface area contributed by atoms with Crippen molar-refractivity contribution in [2.24, 2.45) is 5.92 Å². The fourth-order valence-corrected chi connectivity index (χ4v) is 6.62. The third-order valence-corrected chi connectivity index (χ3v) is 7.79. The van der Waals surface area contributed by atoms with Gasteiger partial charge in [0.15, 0.2) is 5.79 Å². The van der Waals surface area contributed by atoms with Crippen LogP contribution in [0.3, 0.4) is 0 Å². The molecule has 2 bridgehead atoms. The first-order valence-corrected chi connectivity index (χ1v) is 10.3. The van der Waals surface area contributed by atoms with Gasteiger partial charge in [-0.05, 0) is 50.7 Å². The Hall–Kier alpha value is -0.550. The van der Waals surface area contributed by atoms with Crippen molar-refractivity contribution in [2.45, 2.75) is 73.1 Å². The van der Waals surface area contributed by atoms with Gasteiger partial charge in [0.25, 0.3) is 0 Å². The molecule has 130 valence electrons. The summed E-state index contributed by atoms with van der Waals surface area (Å²) in [5.41, 5.74) is 1.34. The summed E-state index contributed by atoms with van der Waals surface area (Å²) < 4.78 is 19.2. The smallest absolute Gasteiger partial charge is 0.198 e. The molecule has 3 nitrogen and oxygen atoms in total. The van der Waals surface area contributed by atoms with Gasteiger partial charge in [0, 0.05) is 16.6 Å². The van der Waals surface area contributed by atoms with Crippen LogP contribution in [0.2, 0.25) is 0 Å². The van der Waals surface area contributed by atoms with Crippen molar-refractivity contribution in [1.29, 1.82) is 0 Å². The minimum atomic E-state index is -0.481. The molecular weight excluding hydrogens is 320 g/mol. The quantitative estimate of drug-likeness (QED) is 0.797. The molecule has 0 amide bonds. The third kappa shape index (κ3) is 2.38. The molecule has 0 radical (unpaired) electrons. The third-order valence-electron chi connectivity index (χ3n) is 6.46. The van der Waals surface area contributed by atoms with E-state index in [2.05, 4.69) is 31.2 Å². The Kier molecular flexibility index (Phi) is 3.75. The van der Waals surface area contributed by atoms with Crippen LogP contribution in [-0.4, -0.2) is 36.0 Å². The second kappa shape index (κ2) is 5.73. The Balaban J connectivity index is 1.46. The van der Waals surface area contributed by atoms with Crippen molar-refractivity contribution in [3.05, 3.63) is 29.8 Å². The summed E-state index contributed by atoms with van der Waals surface area (Å²) in [6.45, 7) is 3.56. The van der Waals surface area contributed by atoms with E-state index in [4.69, 9.17) is 14.2 Å². The highest BCUT2D eigenvalue weighted by Gasteiger charge is 2.66. The van der Waals surface area contributed by atoms with Crippen LogP contribution in [-0.2, 0) is 14.2 Å². The summed E-state index contributed by atoms with van der Waals surface area (Å²) >= 11 is 1.96. The summed E-state index contributed by atoms with van der Waals surface area (Å²) in [4.78, 5) is 1.33. The van der Waals surface area contributed by atoms with Crippen molar-refractivity contribution in [3.63, 3.8) is 0 Å². The van der Waals surface area contributed by atoms with E-state index in [0.717, 1.165) is 6.42 Å². The topological polar surface area (TPSA) is 27.7 Å². The van der Waals surface area contributed by atoms with E-state index < -0.39 is 5.79 Å². The van der Waals surface area contributed by atoms with Gasteiger partial charge in [0.2, 0.25) is 0 Å². The first-order valence-electron chi connectivity index (χ1n) is 9.38. The van der Waals surface area contributed by atoms with Gasteiger partial charge in [0.05, 0.1) is 18.8 Å². The number of fused-ring (bicyclic) bond motifs is 2. The molecule has 5 rings (SSSR count). The van der Waals surface area contributed by atoms with E-state index in [0.29, 0.717) is 24.4 Å². The summed E-state index contributed by atoms with van der Waals surface area (Å²) in [6, 6.07) is 8.87. The number of rotatable bonds is 2. The molecule has 4 fully saturated rings. The van der Waals surface area contributed by atoms with E-state index in [1.54, 1.807) is 0 Å². The average Bonchev–Trinajstić information content (AvgIpc) is 3.25. The monoisotopic (exact) mass is 346 g/mol. The molecule has 4 aliphatic rings. The molecule has 1 saturated carbocycles. The zero-order chi connectivity index (χ0) is 16.2. The van der Waals surface area contributed by atoms with Crippen LogP contribution in [0.1, 0.15) is 44.1 Å². The van der Waals surface area contributed by atoms with E-state index >= 15 is 0 Å². The lowest BCUT2D eigenvalue weighted by atomic mass is 9.80. The highest BCUT2D eigenvalue weighted by Crippen LogP contribution is 2.59. The summed E-state index contributed by atoms with van der Waals surface area (Å²) in [5, 5.41) is 0.413. The Morgan fingerprint density at radius 2 is 1.83 bits per heavy atom. The summed E-state index contributed by atoms with van der Waals surface area (Å²) in [6.07, 6.45) is 7.29. The fourth-order valence-electron chi connectivity index (χ4n) is 5.34. The van der Waals surface area contributed by atoms with Gasteiger partial charge < -0.3 is 14.2 Å². The number of aryl methyl sites for hydroxylation is 1. The Bertz CT molecular complexity index is 610. The molecule has 4 heteroatoms. The minimum absolute atomic E-state index is 0.0254. The van der Waals surface area contributed by atoms with Crippen LogP contribution < -0.4 is 0 Å². The number of thioether (sulfide) groups is 1. The minimum Gasteiger partial charge on any atom is -0.364 e. The van der Waals surface area contributed by atoms with Gasteiger partial charge in [-0.25, -0.2) is 0 Å². The Morgan fingerprint density at radius 3 is 2.62 bits per heavy atom. The second-order valence-electron chi connectivity index (χ2n) is 7.92. The van der Waals surface area contributed by atoms with Crippen LogP contribution in [0.4, 0.5) is 0 Å². The molecule has 3 heterocycles. The second-order valence-corrected chi connectivity index (χ2v) is 9.24. The van der Waals surface area contributed by atoms with E-state index in [1.165, 1.54) is 42.6 Å². The maximum atomic E-state index is 6.81. The molecule has 3 saturated heterocycles. The molecule has 2 spiro atoms.